The number of rotatable bonds is 4. The van der Waals surface area contributed by atoms with Crippen molar-refractivity contribution in [1.82, 2.24) is 0 Å². The third kappa shape index (κ3) is 3.68. The molecule has 0 aliphatic rings. The summed E-state index contributed by atoms with van der Waals surface area (Å²) in [6, 6.07) is 21.4. The molecule has 3 heteroatoms. The van der Waals surface area contributed by atoms with E-state index in [1.54, 1.807) is 7.11 Å². The SMILES string of the molecule is COc1ccccc1C(N)C#CCOc1ccc2ccccc2c1. The quantitative estimate of drug-likeness (QED) is 0.742. The number of hydrogen-bond acceptors (Lipinski definition) is 3. The van der Waals surface area contributed by atoms with Crippen LogP contribution in [0.3, 0.4) is 0 Å². The molecule has 120 valence electrons. The van der Waals surface area contributed by atoms with Gasteiger partial charge in [0.1, 0.15) is 18.1 Å². The van der Waals surface area contributed by atoms with E-state index in [0.717, 1.165) is 22.4 Å². The Hall–Kier alpha value is -2.96. The molecule has 3 nitrogen and oxygen atoms in total. The molecule has 2 N–H and O–H groups in total. The molecule has 1 unspecified atom stereocenters. The second-order valence-electron chi connectivity index (χ2n) is 5.34. The van der Waals surface area contributed by atoms with Crippen LogP contribution in [0, 0.1) is 11.8 Å². The van der Waals surface area contributed by atoms with Crippen molar-refractivity contribution in [3.05, 3.63) is 72.3 Å². The van der Waals surface area contributed by atoms with E-state index in [1.165, 1.54) is 5.39 Å². The molecule has 0 radical (unpaired) electrons. The molecule has 0 fully saturated rings. The Kier molecular flexibility index (Phi) is 5.00. The summed E-state index contributed by atoms with van der Waals surface area (Å²) < 4.78 is 11.0. The lowest BCUT2D eigenvalue weighted by atomic mass is 10.1. The van der Waals surface area contributed by atoms with Crippen LogP contribution in [-0.2, 0) is 0 Å². The lowest BCUT2D eigenvalue weighted by molar-refractivity contribution is 0.370. The summed E-state index contributed by atoms with van der Waals surface area (Å²) in [7, 11) is 1.63. The van der Waals surface area contributed by atoms with Gasteiger partial charge in [0.2, 0.25) is 0 Å². The van der Waals surface area contributed by atoms with E-state index >= 15 is 0 Å². The summed E-state index contributed by atoms with van der Waals surface area (Å²) in [6.07, 6.45) is 0. The first-order valence-electron chi connectivity index (χ1n) is 7.76. The Bertz CT molecular complexity index is 893. The normalized spacial score (nSPS) is 11.4. The number of ether oxygens (including phenoxy) is 2. The standard InChI is InChI=1S/C21H19NO2/c1-23-21-11-5-4-9-19(21)20(22)10-6-14-24-18-13-12-16-7-2-3-8-17(16)15-18/h2-5,7-9,11-13,15,20H,14,22H2,1H3. The predicted molar refractivity (Wildman–Crippen MR) is 97.1 cm³/mol. The Morgan fingerprint density at radius 2 is 1.71 bits per heavy atom. The summed E-state index contributed by atoms with van der Waals surface area (Å²) >= 11 is 0. The molecule has 0 aromatic heterocycles. The van der Waals surface area contributed by atoms with E-state index in [1.807, 2.05) is 54.6 Å². The molecule has 0 bridgehead atoms. The highest BCUT2D eigenvalue weighted by atomic mass is 16.5. The maximum Gasteiger partial charge on any atom is 0.149 e. The average Bonchev–Trinajstić information content (AvgIpc) is 2.65. The Morgan fingerprint density at radius 1 is 0.958 bits per heavy atom. The van der Waals surface area contributed by atoms with Crippen LogP contribution in [0.25, 0.3) is 10.8 Å². The van der Waals surface area contributed by atoms with Gasteiger partial charge in [0, 0.05) is 5.56 Å². The number of fused-ring (bicyclic) bond motifs is 1. The van der Waals surface area contributed by atoms with Crippen molar-refractivity contribution >= 4 is 10.8 Å². The van der Waals surface area contributed by atoms with E-state index in [-0.39, 0.29) is 0 Å². The Balaban J connectivity index is 1.64. The molecule has 3 rings (SSSR count). The number of hydrogen-bond donors (Lipinski definition) is 1. The molecule has 24 heavy (non-hydrogen) atoms. The topological polar surface area (TPSA) is 44.5 Å². The fourth-order valence-electron chi connectivity index (χ4n) is 2.53. The van der Waals surface area contributed by atoms with Crippen LogP contribution in [0.4, 0.5) is 0 Å². The highest BCUT2D eigenvalue weighted by Crippen LogP contribution is 2.23. The van der Waals surface area contributed by atoms with E-state index < -0.39 is 6.04 Å². The monoisotopic (exact) mass is 317 g/mol. The van der Waals surface area contributed by atoms with E-state index in [0.29, 0.717) is 6.61 Å². The van der Waals surface area contributed by atoms with Crippen molar-refractivity contribution in [3.63, 3.8) is 0 Å². The number of nitrogens with two attached hydrogens (primary N) is 1. The largest absolute Gasteiger partial charge is 0.496 e. The third-order valence-electron chi connectivity index (χ3n) is 3.76. The summed E-state index contributed by atoms with van der Waals surface area (Å²) in [5.74, 6) is 7.53. The number of methoxy groups -OCH3 is 1. The van der Waals surface area contributed by atoms with Crippen molar-refractivity contribution < 1.29 is 9.47 Å². The molecule has 3 aromatic rings. The van der Waals surface area contributed by atoms with Gasteiger partial charge in [-0.25, -0.2) is 0 Å². The van der Waals surface area contributed by atoms with Crippen LogP contribution in [0.15, 0.2) is 66.7 Å². The number of benzene rings is 3. The van der Waals surface area contributed by atoms with Crippen LogP contribution in [0.2, 0.25) is 0 Å². The van der Waals surface area contributed by atoms with Gasteiger partial charge in [-0.05, 0) is 29.0 Å². The van der Waals surface area contributed by atoms with Gasteiger partial charge >= 0.3 is 0 Å². The van der Waals surface area contributed by atoms with E-state index in [2.05, 4.69) is 24.0 Å². The van der Waals surface area contributed by atoms with Crippen LogP contribution < -0.4 is 15.2 Å². The molecule has 0 aliphatic heterocycles. The zero-order valence-electron chi connectivity index (χ0n) is 13.5. The third-order valence-corrected chi connectivity index (χ3v) is 3.76. The summed E-state index contributed by atoms with van der Waals surface area (Å²) in [5, 5.41) is 2.34. The molecular weight excluding hydrogens is 298 g/mol. The summed E-state index contributed by atoms with van der Waals surface area (Å²) in [6.45, 7) is 0.293. The zero-order valence-corrected chi connectivity index (χ0v) is 13.5. The van der Waals surface area contributed by atoms with Gasteiger partial charge in [-0.15, -0.1) is 0 Å². The van der Waals surface area contributed by atoms with Gasteiger partial charge in [-0.3, -0.25) is 0 Å². The van der Waals surface area contributed by atoms with Gasteiger partial charge in [-0.2, -0.15) is 0 Å². The molecule has 0 spiro atoms. The van der Waals surface area contributed by atoms with Gasteiger partial charge in [0.05, 0.1) is 13.2 Å². The predicted octanol–water partition coefficient (Wildman–Crippen LogP) is 3.93. The smallest absolute Gasteiger partial charge is 0.149 e. The molecule has 0 amide bonds. The molecule has 0 saturated carbocycles. The second kappa shape index (κ2) is 7.54. The van der Waals surface area contributed by atoms with E-state index in [4.69, 9.17) is 15.2 Å². The van der Waals surface area contributed by atoms with Crippen LogP contribution >= 0.6 is 0 Å². The van der Waals surface area contributed by atoms with Crippen molar-refractivity contribution in [2.45, 2.75) is 6.04 Å². The summed E-state index contributed by atoms with van der Waals surface area (Å²) in [5.41, 5.74) is 6.99. The van der Waals surface area contributed by atoms with Crippen LogP contribution in [0.5, 0.6) is 11.5 Å². The molecule has 0 saturated heterocycles. The fraction of sp³-hybridized carbons (Fsp3) is 0.143. The van der Waals surface area contributed by atoms with Crippen LogP contribution in [0.1, 0.15) is 11.6 Å². The molecular formula is C21H19NO2. The number of para-hydroxylation sites is 1. The van der Waals surface area contributed by atoms with Gasteiger partial charge in [-0.1, -0.05) is 60.4 Å². The maximum atomic E-state index is 6.12. The molecule has 3 aromatic carbocycles. The fourth-order valence-corrected chi connectivity index (χ4v) is 2.53. The lowest BCUT2D eigenvalue weighted by Crippen LogP contribution is -2.09. The molecule has 0 aliphatic carbocycles. The minimum atomic E-state index is -0.402. The molecule has 1 atom stereocenters. The Morgan fingerprint density at radius 3 is 2.54 bits per heavy atom. The van der Waals surface area contributed by atoms with Crippen molar-refractivity contribution in [1.29, 1.82) is 0 Å². The average molecular weight is 317 g/mol. The summed E-state index contributed by atoms with van der Waals surface area (Å²) in [4.78, 5) is 0. The van der Waals surface area contributed by atoms with Gasteiger partial charge < -0.3 is 15.2 Å². The molecule has 0 heterocycles. The maximum absolute atomic E-state index is 6.12. The van der Waals surface area contributed by atoms with Crippen molar-refractivity contribution in [2.75, 3.05) is 13.7 Å². The Labute approximate surface area is 142 Å². The lowest BCUT2D eigenvalue weighted by Gasteiger charge is -2.10. The van der Waals surface area contributed by atoms with Gasteiger partial charge in [0.25, 0.3) is 0 Å². The highest BCUT2D eigenvalue weighted by Gasteiger charge is 2.07. The van der Waals surface area contributed by atoms with E-state index in [9.17, 15) is 0 Å². The first-order valence-corrected chi connectivity index (χ1v) is 7.76. The first-order chi connectivity index (χ1) is 11.8. The van der Waals surface area contributed by atoms with Crippen LogP contribution in [-0.4, -0.2) is 13.7 Å². The van der Waals surface area contributed by atoms with Crippen molar-refractivity contribution in [2.24, 2.45) is 5.73 Å². The highest BCUT2D eigenvalue weighted by molar-refractivity contribution is 5.83. The minimum absolute atomic E-state index is 0.293. The van der Waals surface area contributed by atoms with Gasteiger partial charge in [0.15, 0.2) is 0 Å². The zero-order chi connectivity index (χ0) is 16.8. The first kappa shape index (κ1) is 15.9. The van der Waals surface area contributed by atoms with Crippen molar-refractivity contribution in [3.8, 4) is 23.3 Å². The minimum Gasteiger partial charge on any atom is -0.496 e. The second-order valence-corrected chi connectivity index (χ2v) is 5.34.